The Balaban J connectivity index is 0.00000192. The minimum atomic E-state index is -2.77. The van der Waals surface area contributed by atoms with E-state index in [0.29, 0.717) is 7.25 Å². The smallest absolute Gasteiger partial charge is 1.00 e. The number of benzene rings is 5. The fraction of sp³-hybridized carbons (Fsp3) is 0.195. The van der Waals surface area contributed by atoms with E-state index in [0.717, 1.165) is 12.8 Å². The SMILES string of the molecule is CCc1ccc2c(c1)[CH]([Zr+2](=[C](c1ccccc1)c1ccccc1)[CH]1C=C(C)c3cc(C)ccc31)c1cc(CC)ccc1-2.[Cl-].[Cl-]. The van der Waals surface area contributed by atoms with E-state index >= 15 is 0 Å². The van der Waals surface area contributed by atoms with Crippen LogP contribution in [0.3, 0.4) is 0 Å². The maximum atomic E-state index is 2.66. The van der Waals surface area contributed by atoms with E-state index in [1.54, 1.807) is 19.9 Å². The number of allylic oxidation sites excluding steroid dienone is 2. The van der Waals surface area contributed by atoms with Crippen LogP contribution in [0.15, 0.2) is 121 Å². The summed E-state index contributed by atoms with van der Waals surface area (Å²) < 4.78 is 2.53. The molecule has 3 heteroatoms. The van der Waals surface area contributed by atoms with E-state index in [-0.39, 0.29) is 24.8 Å². The van der Waals surface area contributed by atoms with Gasteiger partial charge in [0.2, 0.25) is 0 Å². The van der Waals surface area contributed by atoms with Gasteiger partial charge in [-0.05, 0) is 0 Å². The predicted octanol–water partition coefficient (Wildman–Crippen LogP) is 4.24. The largest absolute Gasteiger partial charge is 1.00 e. The van der Waals surface area contributed by atoms with Gasteiger partial charge in [0.1, 0.15) is 0 Å². The van der Waals surface area contributed by atoms with Gasteiger partial charge in [0.05, 0.1) is 0 Å². The maximum absolute atomic E-state index is 2.77. The van der Waals surface area contributed by atoms with Crippen LogP contribution in [0.1, 0.15) is 78.1 Å². The zero-order chi connectivity index (χ0) is 28.8. The Hall–Kier alpha value is -2.83. The average Bonchev–Trinajstić information content (AvgIpc) is 3.53. The van der Waals surface area contributed by atoms with Crippen molar-refractivity contribution in [3.63, 3.8) is 0 Å². The summed E-state index contributed by atoms with van der Waals surface area (Å²) in [6.45, 7) is 9.15. The van der Waals surface area contributed by atoms with E-state index in [1.165, 1.54) is 50.1 Å². The van der Waals surface area contributed by atoms with Gasteiger partial charge in [0.15, 0.2) is 0 Å². The number of aryl methyl sites for hydroxylation is 3. The van der Waals surface area contributed by atoms with Gasteiger partial charge < -0.3 is 24.8 Å². The van der Waals surface area contributed by atoms with E-state index < -0.39 is 21.3 Å². The van der Waals surface area contributed by atoms with Gasteiger partial charge >= 0.3 is 260 Å². The molecule has 0 saturated carbocycles. The minimum Gasteiger partial charge on any atom is -1.00 e. The second-order valence-electron chi connectivity index (χ2n) is 12.0. The van der Waals surface area contributed by atoms with Crippen LogP contribution in [0.5, 0.6) is 0 Å². The number of rotatable bonds is 6. The molecule has 2 aliphatic carbocycles. The molecule has 0 spiro atoms. The number of hydrogen-bond donors (Lipinski definition) is 0. The molecule has 0 radical (unpaired) electrons. The second-order valence-corrected chi connectivity index (χ2v) is 18.4. The third kappa shape index (κ3) is 5.69. The molecular weight excluding hydrogens is 655 g/mol. The molecule has 0 saturated heterocycles. The average molecular weight is 693 g/mol. The summed E-state index contributed by atoms with van der Waals surface area (Å²) in [5.74, 6) is 0. The van der Waals surface area contributed by atoms with Crippen LogP contribution >= 0.6 is 0 Å². The fourth-order valence-electron chi connectivity index (χ4n) is 7.29. The third-order valence-corrected chi connectivity index (χ3v) is 18.1. The Bertz CT molecular complexity index is 1770. The van der Waals surface area contributed by atoms with Crippen molar-refractivity contribution in [3.8, 4) is 11.1 Å². The first kappa shape index (κ1) is 32.6. The predicted molar refractivity (Wildman–Crippen MR) is 176 cm³/mol. The van der Waals surface area contributed by atoms with E-state index in [2.05, 4.69) is 149 Å². The molecule has 0 fully saturated rings. The maximum Gasteiger partial charge on any atom is -1.00 e. The molecule has 5 aromatic rings. The molecule has 0 aromatic heterocycles. The quantitative estimate of drug-likeness (QED) is 0.250. The van der Waals surface area contributed by atoms with Gasteiger partial charge in [0, 0.05) is 0 Å². The fourth-order valence-corrected chi connectivity index (χ4v) is 17.4. The molecule has 0 bridgehead atoms. The van der Waals surface area contributed by atoms with Crippen LogP contribution in [-0.4, -0.2) is 3.21 Å². The molecule has 1 atom stereocenters. The number of hydrogen-bond acceptors (Lipinski definition) is 0. The summed E-state index contributed by atoms with van der Waals surface area (Å²) in [6, 6.07) is 44.6. The first-order valence-electron chi connectivity index (χ1n) is 15.5. The van der Waals surface area contributed by atoms with Crippen molar-refractivity contribution in [2.24, 2.45) is 0 Å². The van der Waals surface area contributed by atoms with Crippen molar-refractivity contribution in [3.05, 3.63) is 171 Å². The summed E-state index contributed by atoms with van der Waals surface area (Å²) in [4.78, 5) is 0. The van der Waals surface area contributed by atoms with Gasteiger partial charge in [-0.1, -0.05) is 0 Å². The van der Waals surface area contributed by atoms with Crippen molar-refractivity contribution < 1.29 is 46.1 Å². The Labute approximate surface area is 283 Å². The van der Waals surface area contributed by atoms with Gasteiger partial charge in [0.25, 0.3) is 0 Å². The molecular formula is C41H38Cl2Zr. The van der Waals surface area contributed by atoms with Crippen molar-refractivity contribution in [1.29, 1.82) is 0 Å². The molecule has 220 valence electrons. The summed E-state index contributed by atoms with van der Waals surface area (Å²) in [5.41, 5.74) is 17.5. The van der Waals surface area contributed by atoms with Gasteiger partial charge in [-0.3, -0.25) is 0 Å². The van der Waals surface area contributed by atoms with E-state index in [4.69, 9.17) is 0 Å². The van der Waals surface area contributed by atoms with E-state index in [9.17, 15) is 0 Å². The summed E-state index contributed by atoms with van der Waals surface area (Å²) in [5, 5.41) is 0. The molecule has 44 heavy (non-hydrogen) atoms. The van der Waals surface area contributed by atoms with Crippen LogP contribution < -0.4 is 24.8 Å². The van der Waals surface area contributed by atoms with Crippen molar-refractivity contribution in [2.75, 3.05) is 0 Å². The monoisotopic (exact) mass is 690 g/mol. The summed E-state index contributed by atoms with van der Waals surface area (Å²) in [6.07, 6.45) is 4.79. The van der Waals surface area contributed by atoms with Crippen LogP contribution in [0.2, 0.25) is 0 Å². The van der Waals surface area contributed by atoms with Crippen molar-refractivity contribution in [2.45, 2.75) is 47.8 Å². The first-order chi connectivity index (χ1) is 20.6. The second kappa shape index (κ2) is 13.7. The molecule has 5 aromatic carbocycles. The molecule has 7 rings (SSSR count). The number of fused-ring (bicyclic) bond motifs is 4. The van der Waals surface area contributed by atoms with Crippen LogP contribution in [-0.2, 0) is 34.1 Å². The zero-order valence-corrected chi connectivity index (χ0v) is 29.8. The Kier molecular flexibility index (Phi) is 10.1. The third-order valence-electron chi connectivity index (χ3n) is 9.41. The molecule has 0 amide bonds. The number of halogens is 2. The van der Waals surface area contributed by atoms with Crippen molar-refractivity contribution >= 4 is 8.78 Å². The topological polar surface area (TPSA) is 0 Å². The standard InChI is InChI=1S/C17H17.C13H10.C11H11.2ClH.Zr/c1-3-12-5-7-16-14(9-12)11-15-10-13(4-2)6-8-17(15)16;1-3-7-12(8-4-1)11-13-9-5-2-6-10-13;1-8-3-5-10-6-4-9(2)11(10)7-8;;;/h5-11H,3-4H2,1-2H3;1-10H;3-7H,1-2H3;2*1H;/q;;;;;+2/p-2. The first-order valence-corrected chi connectivity index (χ1v) is 19.5. The molecule has 0 aliphatic heterocycles. The normalized spacial score (nSPS) is 14.2. The summed E-state index contributed by atoms with van der Waals surface area (Å²) >= 11 is -2.77. The Morgan fingerprint density at radius 3 is 1.59 bits per heavy atom. The molecule has 2 aliphatic rings. The minimum absolute atomic E-state index is 0. The van der Waals surface area contributed by atoms with Crippen molar-refractivity contribution in [1.82, 2.24) is 0 Å². The molecule has 0 N–H and O–H groups in total. The van der Waals surface area contributed by atoms with Crippen LogP contribution in [0.4, 0.5) is 0 Å². The van der Waals surface area contributed by atoms with E-state index in [1.807, 2.05) is 0 Å². The molecule has 0 nitrogen and oxygen atoms in total. The zero-order valence-electron chi connectivity index (χ0n) is 25.9. The Morgan fingerprint density at radius 2 is 1.09 bits per heavy atom. The molecule has 0 heterocycles. The van der Waals surface area contributed by atoms with Crippen LogP contribution in [0, 0.1) is 6.92 Å². The Morgan fingerprint density at radius 1 is 0.568 bits per heavy atom. The van der Waals surface area contributed by atoms with Gasteiger partial charge in [-0.2, -0.15) is 0 Å². The van der Waals surface area contributed by atoms with Gasteiger partial charge in [-0.15, -0.1) is 0 Å². The van der Waals surface area contributed by atoms with Crippen LogP contribution in [0.25, 0.3) is 16.7 Å². The van der Waals surface area contributed by atoms with Gasteiger partial charge in [-0.25, -0.2) is 0 Å². The summed E-state index contributed by atoms with van der Waals surface area (Å²) in [7, 11) is 0. The molecule has 1 unspecified atom stereocenters.